The first-order valence-corrected chi connectivity index (χ1v) is 11.0. The van der Waals surface area contributed by atoms with Gasteiger partial charge in [-0.3, -0.25) is 14.6 Å². The van der Waals surface area contributed by atoms with Crippen LogP contribution in [0.2, 0.25) is 0 Å². The van der Waals surface area contributed by atoms with Gasteiger partial charge in [-0.25, -0.2) is 0 Å². The summed E-state index contributed by atoms with van der Waals surface area (Å²) in [7, 11) is 1.61. The average molecular weight is 518 g/mol. The molecule has 37 heavy (non-hydrogen) atoms. The van der Waals surface area contributed by atoms with E-state index in [1.54, 1.807) is 57.4 Å². The number of nitrogens with zero attached hydrogens (tertiary/aromatic N) is 2. The van der Waals surface area contributed by atoms with Gasteiger partial charge in [0.2, 0.25) is 0 Å². The number of Topliss-reactive ketones (excluding diaryl/α,β-unsaturated/α-hetero) is 1. The molecule has 10 heteroatoms. The fourth-order valence-electron chi connectivity index (χ4n) is 4.13. The largest absolute Gasteiger partial charge is 0.416 e. The lowest BCUT2D eigenvalue weighted by molar-refractivity contribution is -0.143. The second kappa shape index (κ2) is 9.17. The van der Waals surface area contributed by atoms with Crippen LogP contribution in [0.4, 0.5) is 26.3 Å². The van der Waals surface area contributed by atoms with Crippen LogP contribution < -0.4 is 5.56 Å². The SMILES string of the molecule is Cc1cc2c(cn1)cc(-c1cc(CC(=O)c3cc(C(F)(F)F)cc(C(F)(F)F)c3)ccc1C)c(=O)n2C. The Kier molecular flexibility index (Phi) is 6.47. The van der Waals surface area contributed by atoms with Crippen LogP contribution in [0, 0.1) is 13.8 Å². The Morgan fingerprint density at radius 1 is 0.865 bits per heavy atom. The quantitative estimate of drug-likeness (QED) is 0.224. The molecule has 2 aromatic carbocycles. The Bertz CT molecular complexity index is 1570. The normalized spacial score (nSPS) is 12.2. The molecule has 4 aromatic rings. The summed E-state index contributed by atoms with van der Waals surface area (Å²) in [6.07, 6.45) is -8.95. The van der Waals surface area contributed by atoms with Gasteiger partial charge in [-0.1, -0.05) is 18.2 Å². The van der Waals surface area contributed by atoms with Gasteiger partial charge in [-0.15, -0.1) is 0 Å². The predicted octanol–water partition coefficient (Wildman–Crippen LogP) is 6.68. The van der Waals surface area contributed by atoms with Crippen molar-refractivity contribution in [3.8, 4) is 11.1 Å². The van der Waals surface area contributed by atoms with Gasteiger partial charge in [0.05, 0.1) is 16.6 Å². The van der Waals surface area contributed by atoms with Gasteiger partial charge in [0.15, 0.2) is 5.78 Å². The molecule has 0 unspecified atom stereocenters. The molecule has 192 valence electrons. The lowest BCUT2D eigenvalue weighted by Gasteiger charge is -2.14. The third-order valence-corrected chi connectivity index (χ3v) is 6.11. The second-order valence-electron chi connectivity index (χ2n) is 8.85. The van der Waals surface area contributed by atoms with E-state index in [4.69, 9.17) is 0 Å². The van der Waals surface area contributed by atoms with E-state index in [-0.39, 0.29) is 11.6 Å². The van der Waals surface area contributed by atoms with E-state index >= 15 is 0 Å². The molecule has 0 fully saturated rings. The summed E-state index contributed by atoms with van der Waals surface area (Å²) in [5.74, 6) is -0.919. The summed E-state index contributed by atoms with van der Waals surface area (Å²) in [6.45, 7) is 3.55. The van der Waals surface area contributed by atoms with E-state index in [1.165, 1.54) is 4.57 Å². The number of fused-ring (bicyclic) bond motifs is 1. The molecule has 0 radical (unpaired) electrons. The molecule has 0 spiro atoms. The van der Waals surface area contributed by atoms with E-state index in [2.05, 4.69) is 4.98 Å². The smallest absolute Gasteiger partial charge is 0.311 e. The molecule has 4 nitrogen and oxygen atoms in total. The number of rotatable bonds is 4. The highest BCUT2D eigenvalue weighted by molar-refractivity contribution is 5.98. The maximum Gasteiger partial charge on any atom is 0.416 e. The standard InChI is InChI=1S/C27H20F6N2O2/c1-14-4-5-16(7-21(14)22-11-18-13-34-15(2)6-23(18)35(3)25(22)37)8-24(36)17-9-19(26(28,29)30)12-20(10-17)27(31,32)33/h4-7,9-13H,8H2,1-3H3. The monoisotopic (exact) mass is 518 g/mol. The van der Waals surface area contributed by atoms with Crippen molar-refractivity contribution in [3.05, 3.63) is 98.6 Å². The van der Waals surface area contributed by atoms with E-state index < -0.39 is 41.2 Å². The van der Waals surface area contributed by atoms with Crippen LogP contribution in [0.25, 0.3) is 22.0 Å². The Balaban J connectivity index is 1.76. The van der Waals surface area contributed by atoms with Crippen molar-refractivity contribution in [2.24, 2.45) is 7.05 Å². The maximum atomic E-state index is 13.2. The topological polar surface area (TPSA) is 52.0 Å². The number of carbonyl (C=O) groups is 1. The van der Waals surface area contributed by atoms with Gasteiger partial charge in [0.25, 0.3) is 5.56 Å². The molecule has 0 N–H and O–H groups in total. The number of hydrogen-bond acceptors (Lipinski definition) is 3. The number of halogens is 6. The number of hydrogen-bond donors (Lipinski definition) is 0. The fraction of sp³-hybridized carbons (Fsp3) is 0.222. The van der Waals surface area contributed by atoms with Crippen molar-refractivity contribution in [2.75, 3.05) is 0 Å². The lowest BCUT2D eigenvalue weighted by Crippen LogP contribution is -2.19. The molecule has 0 amide bonds. The number of ketones is 1. The van der Waals surface area contributed by atoms with Crippen molar-refractivity contribution in [1.29, 1.82) is 0 Å². The summed E-state index contributed by atoms with van der Waals surface area (Å²) >= 11 is 0. The minimum atomic E-state index is -5.06. The number of alkyl halides is 6. The molecule has 0 bridgehead atoms. The minimum Gasteiger partial charge on any atom is -0.311 e. The maximum absolute atomic E-state index is 13.2. The van der Waals surface area contributed by atoms with Gasteiger partial charge in [-0.2, -0.15) is 26.3 Å². The summed E-state index contributed by atoms with van der Waals surface area (Å²) in [5.41, 5.74) is -0.862. The molecule has 0 aliphatic rings. The Morgan fingerprint density at radius 2 is 1.49 bits per heavy atom. The number of benzene rings is 2. The van der Waals surface area contributed by atoms with Crippen LogP contribution in [0.5, 0.6) is 0 Å². The lowest BCUT2D eigenvalue weighted by atomic mass is 9.94. The van der Waals surface area contributed by atoms with Crippen LogP contribution in [0.15, 0.2) is 59.5 Å². The summed E-state index contributed by atoms with van der Waals surface area (Å²) in [5, 5.41) is 0.701. The van der Waals surface area contributed by atoms with E-state index in [1.807, 2.05) is 0 Å². The molecule has 0 aliphatic carbocycles. The highest BCUT2D eigenvalue weighted by Gasteiger charge is 2.37. The zero-order chi connectivity index (χ0) is 27.3. The molecule has 2 aromatic heterocycles. The second-order valence-corrected chi connectivity index (χ2v) is 8.85. The van der Waals surface area contributed by atoms with Crippen molar-refractivity contribution in [3.63, 3.8) is 0 Å². The third kappa shape index (κ3) is 5.28. The molecular weight excluding hydrogens is 498 g/mol. The van der Waals surface area contributed by atoms with Crippen molar-refractivity contribution >= 4 is 16.7 Å². The molecule has 0 saturated heterocycles. The Hall–Kier alpha value is -3.95. The molecule has 2 heterocycles. The highest BCUT2D eigenvalue weighted by atomic mass is 19.4. The highest BCUT2D eigenvalue weighted by Crippen LogP contribution is 2.36. The van der Waals surface area contributed by atoms with Crippen molar-refractivity contribution in [2.45, 2.75) is 32.6 Å². The Labute approximate surface area is 207 Å². The van der Waals surface area contributed by atoms with Crippen LogP contribution in [0.1, 0.15) is 38.3 Å². The first kappa shape index (κ1) is 26.1. The Morgan fingerprint density at radius 3 is 2.08 bits per heavy atom. The van der Waals surface area contributed by atoms with E-state index in [0.29, 0.717) is 45.3 Å². The molecule has 0 atom stereocenters. The van der Waals surface area contributed by atoms with E-state index in [0.717, 1.165) is 5.69 Å². The van der Waals surface area contributed by atoms with Gasteiger partial charge in [0, 0.05) is 41.9 Å². The zero-order valence-corrected chi connectivity index (χ0v) is 19.9. The average Bonchev–Trinajstić information content (AvgIpc) is 2.81. The molecular formula is C27H20F6N2O2. The van der Waals surface area contributed by atoms with Crippen molar-refractivity contribution in [1.82, 2.24) is 9.55 Å². The molecule has 4 rings (SSSR count). The summed E-state index contributed by atoms with van der Waals surface area (Å²) < 4.78 is 80.7. The van der Waals surface area contributed by atoms with Gasteiger partial charge >= 0.3 is 12.4 Å². The van der Waals surface area contributed by atoms with Crippen molar-refractivity contribution < 1.29 is 31.1 Å². The first-order valence-electron chi connectivity index (χ1n) is 11.0. The predicted molar refractivity (Wildman–Crippen MR) is 126 cm³/mol. The molecule has 0 saturated carbocycles. The fourth-order valence-corrected chi connectivity index (χ4v) is 4.13. The van der Waals surface area contributed by atoms with E-state index in [9.17, 15) is 35.9 Å². The minimum absolute atomic E-state index is 0.0212. The summed E-state index contributed by atoms with van der Waals surface area (Å²) in [4.78, 5) is 30.2. The van der Waals surface area contributed by atoms with Crippen LogP contribution >= 0.6 is 0 Å². The molecule has 0 aliphatic heterocycles. The zero-order valence-electron chi connectivity index (χ0n) is 19.9. The van der Waals surface area contributed by atoms with Gasteiger partial charge in [-0.05, 0) is 60.9 Å². The third-order valence-electron chi connectivity index (χ3n) is 6.11. The first-order chi connectivity index (χ1) is 17.1. The number of aryl methyl sites for hydroxylation is 3. The number of aromatic nitrogens is 2. The van der Waals surface area contributed by atoms with Crippen LogP contribution in [0.3, 0.4) is 0 Å². The number of carbonyl (C=O) groups excluding carboxylic acids is 1. The van der Waals surface area contributed by atoms with Crippen LogP contribution in [-0.2, 0) is 25.8 Å². The number of pyridine rings is 2. The van der Waals surface area contributed by atoms with Gasteiger partial charge < -0.3 is 4.57 Å². The summed E-state index contributed by atoms with van der Waals surface area (Å²) in [6, 6.07) is 8.99. The van der Waals surface area contributed by atoms with Crippen LogP contribution in [-0.4, -0.2) is 15.3 Å². The van der Waals surface area contributed by atoms with Gasteiger partial charge in [0.1, 0.15) is 0 Å².